The zero-order valence-electron chi connectivity index (χ0n) is 26.9. The summed E-state index contributed by atoms with van der Waals surface area (Å²) in [6.07, 6.45) is -19.0. The Hall–Kier alpha value is -2.99. The number of hydrogen-bond acceptors (Lipinski definition) is 4. The molecule has 0 amide bonds. The molecule has 0 aliphatic rings. The van der Waals surface area contributed by atoms with Gasteiger partial charge >= 0.3 is 30.5 Å². The van der Waals surface area contributed by atoms with Crippen LogP contribution in [0.4, 0.5) is 39.5 Å². The van der Waals surface area contributed by atoms with Crippen LogP contribution >= 0.6 is 0 Å². The average molecular weight is 695 g/mol. The predicted molar refractivity (Wildman–Crippen MR) is 168 cm³/mol. The van der Waals surface area contributed by atoms with Gasteiger partial charge in [0.1, 0.15) is 5.60 Å². The SMILES string of the molecule is C.C.CCC(C)(C(=O)OC(C)(C)C)C(F)(F)F.CCC(C)C(=O)OC(C(F)(F)F)C(F)(F)F.CCC(C)c1ccc2ccccc2c1. The van der Waals surface area contributed by atoms with E-state index in [0.717, 1.165) is 6.92 Å². The molecule has 4 nitrogen and oxygen atoms in total. The van der Waals surface area contributed by atoms with Gasteiger partial charge in [-0.2, -0.15) is 39.5 Å². The van der Waals surface area contributed by atoms with Crippen LogP contribution < -0.4 is 0 Å². The van der Waals surface area contributed by atoms with Crippen molar-refractivity contribution in [3.8, 4) is 0 Å². The van der Waals surface area contributed by atoms with E-state index in [4.69, 9.17) is 4.74 Å². The Morgan fingerprint density at radius 2 is 1.19 bits per heavy atom. The molecule has 2 rings (SSSR count). The van der Waals surface area contributed by atoms with Crippen LogP contribution in [0.25, 0.3) is 10.8 Å². The lowest BCUT2D eigenvalue weighted by Gasteiger charge is -2.32. The first-order valence-corrected chi connectivity index (χ1v) is 14.4. The van der Waals surface area contributed by atoms with Crippen LogP contribution in [0.2, 0.25) is 0 Å². The molecule has 274 valence electrons. The van der Waals surface area contributed by atoms with Gasteiger partial charge in [-0.05, 0) is 69.2 Å². The maximum Gasteiger partial charge on any atom is 0.434 e. The second kappa shape index (κ2) is 19.1. The molecule has 0 N–H and O–H groups in total. The fraction of sp³-hybridized carbons (Fsp3) is 0.647. The lowest BCUT2D eigenvalue weighted by molar-refractivity contribution is -0.314. The Labute approximate surface area is 273 Å². The lowest BCUT2D eigenvalue weighted by atomic mass is 9.86. The van der Waals surface area contributed by atoms with Gasteiger partial charge in [-0.25, -0.2) is 0 Å². The van der Waals surface area contributed by atoms with Crippen molar-refractivity contribution in [1.82, 2.24) is 0 Å². The molecule has 0 bridgehead atoms. The first kappa shape index (κ1) is 48.4. The third-order valence-corrected chi connectivity index (χ3v) is 6.98. The smallest absolute Gasteiger partial charge is 0.434 e. The van der Waals surface area contributed by atoms with Crippen molar-refractivity contribution < 1.29 is 58.6 Å². The molecule has 0 spiro atoms. The molecule has 0 saturated carbocycles. The van der Waals surface area contributed by atoms with Gasteiger partial charge in [0.25, 0.3) is 6.10 Å². The van der Waals surface area contributed by atoms with Gasteiger partial charge in [0.15, 0.2) is 5.41 Å². The Balaban J connectivity index is -0.000000605. The summed E-state index contributed by atoms with van der Waals surface area (Å²) in [5, 5.41) is 2.69. The van der Waals surface area contributed by atoms with Gasteiger partial charge in [0, 0.05) is 0 Å². The van der Waals surface area contributed by atoms with Crippen LogP contribution in [0.15, 0.2) is 42.5 Å². The van der Waals surface area contributed by atoms with Gasteiger partial charge in [-0.1, -0.05) is 91.9 Å². The molecule has 13 heteroatoms. The summed E-state index contributed by atoms with van der Waals surface area (Å²) in [6, 6.07) is 15.3. The van der Waals surface area contributed by atoms with Gasteiger partial charge < -0.3 is 9.47 Å². The van der Waals surface area contributed by atoms with Crippen molar-refractivity contribution in [3.05, 3.63) is 48.0 Å². The first-order valence-electron chi connectivity index (χ1n) is 14.4. The molecule has 2 aromatic carbocycles. The first-order chi connectivity index (χ1) is 20.2. The number of rotatable bonds is 7. The van der Waals surface area contributed by atoms with Crippen molar-refractivity contribution in [2.75, 3.05) is 0 Å². The van der Waals surface area contributed by atoms with E-state index in [9.17, 15) is 49.1 Å². The molecule has 3 unspecified atom stereocenters. The quantitative estimate of drug-likeness (QED) is 0.214. The van der Waals surface area contributed by atoms with E-state index >= 15 is 0 Å². The minimum absolute atomic E-state index is 0. The third-order valence-electron chi connectivity index (χ3n) is 6.98. The molecule has 0 radical (unpaired) electrons. The molecule has 2 aromatic rings. The summed E-state index contributed by atoms with van der Waals surface area (Å²) in [6.45, 7) is 13.9. The summed E-state index contributed by atoms with van der Waals surface area (Å²) in [4.78, 5) is 22.3. The van der Waals surface area contributed by atoms with Crippen LogP contribution in [-0.4, -0.2) is 42.2 Å². The Kier molecular flexibility index (Phi) is 19.7. The molecule has 0 heterocycles. The van der Waals surface area contributed by atoms with Crippen LogP contribution in [-0.2, 0) is 19.1 Å². The van der Waals surface area contributed by atoms with Crippen LogP contribution in [0.1, 0.15) is 108 Å². The van der Waals surface area contributed by atoms with Crippen molar-refractivity contribution in [2.24, 2.45) is 11.3 Å². The van der Waals surface area contributed by atoms with E-state index in [-0.39, 0.29) is 27.7 Å². The molecule has 3 atom stereocenters. The molecule has 0 aliphatic carbocycles. The van der Waals surface area contributed by atoms with E-state index in [1.165, 1.54) is 64.3 Å². The number of carbonyl (C=O) groups excluding carboxylic acids is 2. The number of halogens is 9. The molecule has 0 aromatic heterocycles. The summed E-state index contributed by atoms with van der Waals surface area (Å²) in [7, 11) is 0. The van der Waals surface area contributed by atoms with E-state index in [1.807, 2.05) is 0 Å². The number of benzene rings is 2. The number of hydrogen-bond donors (Lipinski definition) is 0. The summed E-state index contributed by atoms with van der Waals surface area (Å²) in [5.41, 5.74) is -1.87. The highest BCUT2D eigenvalue weighted by molar-refractivity contribution is 5.83. The Bertz CT molecular complexity index is 1200. The highest BCUT2D eigenvalue weighted by atomic mass is 19.4. The second-order valence-electron chi connectivity index (χ2n) is 11.8. The molecule has 0 aliphatic heterocycles. The zero-order valence-corrected chi connectivity index (χ0v) is 26.9. The van der Waals surface area contributed by atoms with Gasteiger partial charge in [0.05, 0.1) is 5.92 Å². The zero-order chi connectivity index (χ0) is 35.6. The number of fused-ring (bicyclic) bond motifs is 1. The van der Waals surface area contributed by atoms with Crippen LogP contribution in [0.5, 0.6) is 0 Å². The highest BCUT2D eigenvalue weighted by Crippen LogP contribution is 2.42. The highest BCUT2D eigenvalue weighted by Gasteiger charge is 2.60. The van der Waals surface area contributed by atoms with E-state index < -0.39 is 53.5 Å². The minimum atomic E-state index is -5.65. The summed E-state index contributed by atoms with van der Waals surface area (Å²) in [5.74, 6) is -3.07. The fourth-order valence-electron chi connectivity index (χ4n) is 3.32. The van der Waals surface area contributed by atoms with Crippen molar-refractivity contribution in [3.63, 3.8) is 0 Å². The number of ether oxygens (including phenoxy) is 2. The monoisotopic (exact) mass is 694 g/mol. The summed E-state index contributed by atoms with van der Waals surface area (Å²) >= 11 is 0. The molecule has 0 fully saturated rings. The van der Waals surface area contributed by atoms with Gasteiger partial charge in [-0.3, -0.25) is 9.59 Å². The standard InChI is InChI=1S/C14H16.C10H17F3O2.C8H10F6O2.2CH4/c1-3-11(2)13-9-8-12-6-4-5-7-14(12)10-13;1-6-9(5,10(11,12)13)7(14)15-8(2,3)4;1-3-4(2)5(15)16-6(7(9,10)11)8(12,13)14;;/h4-11H,3H2,1-2H3;6H2,1-5H3;4,6H,3H2,1-2H3;2*1H4. The number of esters is 2. The molecular formula is C34H51F9O4. The largest absolute Gasteiger partial charge is 0.459 e. The molecular weight excluding hydrogens is 643 g/mol. The van der Waals surface area contributed by atoms with Crippen LogP contribution in [0.3, 0.4) is 0 Å². The van der Waals surface area contributed by atoms with E-state index in [2.05, 4.69) is 61.0 Å². The fourth-order valence-corrected chi connectivity index (χ4v) is 3.32. The third kappa shape index (κ3) is 15.6. The maximum atomic E-state index is 12.6. The average Bonchev–Trinajstić information content (AvgIpc) is 2.91. The molecule has 0 saturated heterocycles. The second-order valence-corrected chi connectivity index (χ2v) is 11.8. The van der Waals surface area contributed by atoms with Gasteiger partial charge in [0.2, 0.25) is 0 Å². The molecule has 47 heavy (non-hydrogen) atoms. The normalized spacial score (nSPS) is 14.4. The number of alkyl halides is 9. The summed E-state index contributed by atoms with van der Waals surface area (Å²) < 4.78 is 118. The lowest BCUT2D eigenvalue weighted by Crippen LogP contribution is -2.46. The number of carbonyl (C=O) groups is 2. The Morgan fingerprint density at radius 1 is 0.723 bits per heavy atom. The van der Waals surface area contributed by atoms with Crippen molar-refractivity contribution in [2.45, 2.75) is 133 Å². The van der Waals surface area contributed by atoms with Crippen LogP contribution in [0, 0.1) is 11.3 Å². The van der Waals surface area contributed by atoms with E-state index in [1.54, 1.807) is 0 Å². The maximum absolute atomic E-state index is 12.6. The predicted octanol–water partition coefficient (Wildman–Crippen LogP) is 12.0. The Morgan fingerprint density at radius 3 is 1.55 bits per heavy atom. The topological polar surface area (TPSA) is 52.6 Å². The van der Waals surface area contributed by atoms with Crippen molar-refractivity contribution >= 4 is 22.7 Å². The van der Waals surface area contributed by atoms with E-state index in [0.29, 0.717) is 5.92 Å². The minimum Gasteiger partial charge on any atom is -0.459 e. The van der Waals surface area contributed by atoms with Crippen molar-refractivity contribution in [1.29, 1.82) is 0 Å². The van der Waals surface area contributed by atoms with Gasteiger partial charge in [-0.15, -0.1) is 0 Å².